The van der Waals surface area contributed by atoms with Crippen LogP contribution in [0.15, 0.2) is 30.3 Å². The van der Waals surface area contributed by atoms with Gasteiger partial charge in [-0.15, -0.1) is 0 Å². The monoisotopic (exact) mass is 533 g/mol. The number of hydrogen-bond donors (Lipinski definition) is 2. The first-order chi connectivity index (χ1) is 16.8. The van der Waals surface area contributed by atoms with E-state index in [1.165, 1.54) is 19.1 Å². The maximum atomic E-state index is 13.3. The molecule has 1 saturated carbocycles. The van der Waals surface area contributed by atoms with Crippen molar-refractivity contribution in [2.45, 2.75) is 63.6 Å². The third-order valence-corrected chi connectivity index (χ3v) is 6.31. The summed E-state index contributed by atoms with van der Waals surface area (Å²) in [5.74, 6) is -0.462. The molecule has 1 aromatic carbocycles. The Labute approximate surface area is 207 Å². The number of carbonyl (C=O) groups is 1. The predicted octanol–water partition coefficient (Wildman–Crippen LogP) is 5.97. The summed E-state index contributed by atoms with van der Waals surface area (Å²) in [4.78, 5) is 16.1. The first-order valence-corrected chi connectivity index (χ1v) is 11.5. The number of aromatic nitrogens is 3. The highest BCUT2D eigenvalue weighted by atomic mass is 35.5. The lowest BCUT2D eigenvalue weighted by Gasteiger charge is -2.30. The van der Waals surface area contributed by atoms with E-state index in [0.29, 0.717) is 36.1 Å². The Morgan fingerprint density at radius 1 is 1.00 bits per heavy atom. The van der Waals surface area contributed by atoms with Gasteiger partial charge in [-0.25, -0.2) is 4.98 Å². The van der Waals surface area contributed by atoms with Crippen LogP contribution in [0.2, 0.25) is 5.02 Å². The normalized spacial score (nSPS) is 18.9. The first kappa shape index (κ1) is 26.1. The summed E-state index contributed by atoms with van der Waals surface area (Å²) in [6, 6.07) is 5.96. The lowest BCUT2D eigenvalue weighted by atomic mass is 9.90. The lowest BCUT2D eigenvalue weighted by molar-refractivity contribution is -0.142. The minimum absolute atomic E-state index is 0.147. The highest BCUT2D eigenvalue weighted by Gasteiger charge is 2.35. The van der Waals surface area contributed by atoms with Gasteiger partial charge in [0.1, 0.15) is 12.2 Å². The van der Waals surface area contributed by atoms with Gasteiger partial charge in [0, 0.05) is 33.9 Å². The molecule has 2 aromatic heterocycles. The fourth-order valence-corrected chi connectivity index (χ4v) is 4.45. The molecule has 0 atom stereocenters. The predicted molar refractivity (Wildman–Crippen MR) is 122 cm³/mol. The zero-order valence-electron chi connectivity index (χ0n) is 19.0. The Morgan fingerprint density at radius 2 is 1.64 bits per heavy atom. The second-order valence-electron chi connectivity index (χ2n) is 8.80. The smallest absolute Gasteiger partial charge is 0.382 e. The minimum atomic E-state index is -4.61. The van der Waals surface area contributed by atoms with Gasteiger partial charge < -0.3 is 10.6 Å². The van der Waals surface area contributed by atoms with Crippen molar-refractivity contribution in [2.24, 2.45) is 0 Å². The number of rotatable bonds is 5. The van der Waals surface area contributed by atoms with Crippen LogP contribution in [0.5, 0.6) is 0 Å². The van der Waals surface area contributed by atoms with Crippen LogP contribution >= 0.6 is 11.6 Å². The van der Waals surface area contributed by atoms with Gasteiger partial charge in [-0.1, -0.05) is 11.6 Å². The van der Waals surface area contributed by atoms with E-state index < -0.39 is 29.6 Å². The molecular formula is C23H22ClF6N5O. The number of halogens is 7. The van der Waals surface area contributed by atoms with Crippen LogP contribution in [-0.4, -0.2) is 32.8 Å². The van der Waals surface area contributed by atoms with Crippen molar-refractivity contribution in [1.29, 1.82) is 0 Å². The molecule has 36 heavy (non-hydrogen) atoms. The highest BCUT2D eigenvalue weighted by Crippen LogP contribution is 2.35. The number of fused-ring (bicyclic) bond motifs is 1. The molecule has 1 fully saturated rings. The molecule has 1 aliphatic carbocycles. The molecule has 2 N–H and O–H groups in total. The number of aryl methyl sites for hydroxylation is 1. The molecule has 2 heterocycles. The Hall–Kier alpha value is -3.02. The Bertz CT molecular complexity index is 1260. The third kappa shape index (κ3) is 6.03. The van der Waals surface area contributed by atoms with E-state index in [1.807, 2.05) is 0 Å². The maximum absolute atomic E-state index is 13.3. The van der Waals surface area contributed by atoms with Gasteiger partial charge in [0.05, 0.1) is 5.52 Å². The second-order valence-corrected chi connectivity index (χ2v) is 9.24. The van der Waals surface area contributed by atoms with Crippen molar-refractivity contribution < 1.29 is 31.1 Å². The molecule has 194 valence electrons. The number of alkyl halides is 6. The molecule has 13 heteroatoms. The first-order valence-electron chi connectivity index (χ1n) is 11.1. The van der Waals surface area contributed by atoms with Crippen LogP contribution < -0.4 is 10.6 Å². The van der Waals surface area contributed by atoms with Crippen LogP contribution in [0.4, 0.5) is 32.0 Å². The SMILES string of the molecule is Cc1cc(C(F)(F)F)nn1CC(=O)NC1CCC(Nc2cc(C(F)(F)F)nc3ccc(Cl)cc23)CC1. The standard InChI is InChI=1S/C23H22ClF6N5O/c1-12-8-20(23(28,29)30)34-35(12)11-21(36)32-15-5-3-14(4-6-15)31-18-10-19(22(25,26)27)33-17-7-2-13(24)9-16(17)18/h2,7-10,14-15H,3-6,11H2,1H3,(H,31,33)(H,32,36). The van der Waals surface area contributed by atoms with Gasteiger partial charge in [0.25, 0.3) is 0 Å². The number of pyridine rings is 1. The van der Waals surface area contributed by atoms with E-state index >= 15 is 0 Å². The molecule has 6 nitrogen and oxygen atoms in total. The molecule has 3 aromatic rings. The zero-order valence-corrected chi connectivity index (χ0v) is 19.7. The third-order valence-electron chi connectivity index (χ3n) is 6.08. The highest BCUT2D eigenvalue weighted by molar-refractivity contribution is 6.31. The summed E-state index contributed by atoms with van der Waals surface area (Å²) in [6.45, 7) is 1.09. The summed E-state index contributed by atoms with van der Waals surface area (Å²) in [5, 5.41) is 10.3. The zero-order chi connectivity index (χ0) is 26.3. The van der Waals surface area contributed by atoms with Gasteiger partial charge >= 0.3 is 12.4 Å². The Kier molecular flexibility index (Phi) is 7.09. The summed E-state index contributed by atoms with van der Waals surface area (Å²) < 4.78 is 79.5. The molecule has 1 amide bonds. The van der Waals surface area contributed by atoms with E-state index in [9.17, 15) is 31.1 Å². The van der Waals surface area contributed by atoms with Gasteiger partial charge in [-0.3, -0.25) is 9.48 Å². The maximum Gasteiger partial charge on any atom is 0.435 e. The van der Waals surface area contributed by atoms with E-state index in [0.717, 1.165) is 16.8 Å². The van der Waals surface area contributed by atoms with Crippen molar-refractivity contribution in [1.82, 2.24) is 20.1 Å². The van der Waals surface area contributed by atoms with Gasteiger partial charge in [0.2, 0.25) is 5.91 Å². The minimum Gasteiger partial charge on any atom is -0.382 e. The lowest BCUT2D eigenvalue weighted by Crippen LogP contribution is -2.41. The van der Waals surface area contributed by atoms with Gasteiger partial charge in [0.15, 0.2) is 5.69 Å². The number of nitrogens with one attached hydrogen (secondary N) is 2. The quantitative estimate of drug-likeness (QED) is 0.396. The number of anilines is 1. The molecule has 0 aliphatic heterocycles. The van der Waals surface area contributed by atoms with Crippen LogP contribution in [-0.2, 0) is 23.7 Å². The van der Waals surface area contributed by atoms with E-state index in [1.54, 1.807) is 6.07 Å². The second kappa shape index (κ2) is 9.79. The Morgan fingerprint density at radius 3 is 2.25 bits per heavy atom. The molecule has 1 aliphatic rings. The van der Waals surface area contributed by atoms with Crippen LogP contribution in [0.1, 0.15) is 42.8 Å². The van der Waals surface area contributed by atoms with Gasteiger partial charge in [-0.2, -0.15) is 31.4 Å². The topological polar surface area (TPSA) is 71.8 Å². The summed E-state index contributed by atoms with van der Waals surface area (Å²) in [7, 11) is 0. The average Bonchev–Trinajstić information content (AvgIpc) is 3.15. The van der Waals surface area contributed by atoms with Crippen LogP contribution in [0, 0.1) is 6.92 Å². The summed E-state index contributed by atoms with van der Waals surface area (Å²) in [6.07, 6.45) is -6.98. The van der Waals surface area contributed by atoms with E-state index in [4.69, 9.17) is 11.6 Å². The number of nitrogens with zero attached hydrogens (tertiary/aromatic N) is 3. The van der Waals surface area contributed by atoms with Crippen molar-refractivity contribution in [3.63, 3.8) is 0 Å². The van der Waals surface area contributed by atoms with Gasteiger partial charge in [-0.05, 0) is 62.9 Å². The van der Waals surface area contributed by atoms with Crippen molar-refractivity contribution in [2.75, 3.05) is 5.32 Å². The largest absolute Gasteiger partial charge is 0.435 e. The van der Waals surface area contributed by atoms with Crippen molar-refractivity contribution >= 4 is 34.1 Å². The Balaban J connectivity index is 1.38. The molecular weight excluding hydrogens is 512 g/mol. The number of amides is 1. The van der Waals surface area contributed by atoms with E-state index in [-0.39, 0.29) is 35.5 Å². The average molecular weight is 534 g/mol. The number of hydrogen-bond acceptors (Lipinski definition) is 4. The molecule has 0 bridgehead atoms. The van der Waals surface area contributed by atoms with Crippen molar-refractivity contribution in [3.05, 3.63) is 52.4 Å². The summed E-state index contributed by atoms with van der Waals surface area (Å²) >= 11 is 6.04. The number of benzene rings is 1. The van der Waals surface area contributed by atoms with E-state index in [2.05, 4.69) is 20.7 Å². The van der Waals surface area contributed by atoms with Crippen molar-refractivity contribution in [3.8, 4) is 0 Å². The molecule has 4 rings (SSSR count). The molecule has 0 spiro atoms. The van der Waals surface area contributed by atoms with Crippen LogP contribution in [0.25, 0.3) is 10.9 Å². The fraction of sp³-hybridized carbons (Fsp3) is 0.435. The number of carbonyl (C=O) groups excluding carboxylic acids is 1. The van der Waals surface area contributed by atoms with Crippen LogP contribution in [0.3, 0.4) is 0 Å². The fourth-order valence-electron chi connectivity index (χ4n) is 4.28. The molecule has 0 saturated heterocycles. The molecule has 0 radical (unpaired) electrons. The summed E-state index contributed by atoms with van der Waals surface area (Å²) in [5.41, 5.74) is -1.41. The molecule has 0 unspecified atom stereocenters.